The fraction of sp³-hybridized carbons (Fsp3) is 0.364. The van der Waals surface area contributed by atoms with Gasteiger partial charge in [0.15, 0.2) is 17.3 Å². The molecule has 0 saturated heterocycles. The number of carboxylic acids is 1. The predicted octanol–water partition coefficient (Wildman–Crippen LogP) is 0.797. The summed E-state index contributed by atoms with van der Waals surface area (Å²) in [5, 5.41) is 8.75. The lowest BCUT2D eigenvalue weighted by molar-refractivity contribution is -0.138. The van der Waals surface area contributed by atoms with Gasteiger partial charge in [-0.15, -0.1) is 0 Å². The minimum atomic E-state index is -1.20. The highest BCUT2D eigenvalue weighted by Gasteiger charge is 2.19. The summed E-state index contributed by atoms with van der Waals surface area (Å²) >= 11 is 0. The first-order valence-electron chi connectivity index (χ1n) is 6.06. The quantitative estimate of drug-likeness (QED) is 0.801. The standard InChI is InChI=1S/C11H14FNO4/c1-16-9-6(5-8(13)11(14)15)3-4-7(12)10(9)17-2/h3-4,8H,5,13H2,1-2H3,(H,14,15)/i1D,2D. The fourth-order valence-electron chi connectivity index (χ4n) is 1.36. The molecule has 17 heavy (non-hydrogen) atoms. The van der Waals surface area contributed by atoms with Crippen molar-refractivity contribution >= 4 is 5.97 Å². The molecule has 1 aromatic rings. The van der Waals surface area contributed by atoms with Crippen LogP contribution in [0.4, 0.5) is 4.39 Å². The van der Waals surface area contributed by atoms with E-state index in [1.54, 1.807) is 0 Å². The van der Waals surface area contributed by atoms with Gasteiger partial charge in [0.25, 0.3) is 0 Å². The van der Waals surface area contributed by atoms with Crippen LogP contribution in [0.3, 0.4) is 0 Å². The number of rotatable bonds is 5. The summed E-state index contributed by atoms with van der Waals surface area (Å²) in [6, 6.07) is 1.22. The highest BCUT2D eigenvalue weighted by Crippen LogP contribution is 2.34. The summed E-state index contributed by atoms with van der Waals surface area (Å²) in [5.74, 6) is -2.34. The Bertz CT molecular complexity index is 459. The molecule has 0 aromatic heterocycles. The normalized spacial score (nSPS) is 13.5. The Kier molecular flexibility index (Phi) is 3.34. The maximum atomic E-state index is 13.5. The zero-order valence-electron chi connectivity index (χ0n) is 11.0. The van der Waals surface area contributed by atoms with Crippen molar-refractivity contribution < 1.29 is 26.5 Å². The summed E-state index contributed by atoms with van der Waals surface area (Å²) in [4.78, 5) is 10.7. The lowest BCUT2D eigenvalue weighted by Crippen LogP contribution is -2.32. The highest BCUT2D eigenvalue weighted by atomic mass is 19.1. The molecule has 1 rings (SSSR count). The van der Waals surface area contributed by atoms with Crippen LogP contribution < -0.4 is 15.2 Å². The van der Waals surface area contributed by atoms with Crippen LogP contribution in [0.15, 0.2) is 12.1 Å². The van der Waals surface area contributed by atoms with Crippen molar-refractivity contribution in [3.8, 4) is 11.5 Å². The molecule has 0 aliphatic heterocycles. The largest absolute Gasteiger partial charge is 0.492 e. The number of aliphatic carboxylic acids is 1. The number of carbonyl (C=O) groups is 1. The highest BCUT2D eigenvalue weighted by molar-refractivity contribution is 5.73. The summed E-state index contributed by atoms with van der Waals surface area (Å²) in [5.41, 5.74) is 5.71. The van der Waals surface area contributed by atoms with E-state index in [-0.39, 0.29) is 17.9 Å². The van der Waals surface area contributed by atoms with E-state index in [0.29, 0.717) is 5.56 Å². The van der Waals surface area contributed by atoms with Crippen molar-refractivity contribution in [3.63, 3.8) is 0 Å². The average molecular weight is 245 g/mol. The number of benzene rings is 1. The van der Waals surface area contributed by atoms with E-state index >= 15 is 0 Å². The lowest BCUT2D eigenvalue weighted by atomic mass is 10.0. The van der Waals surface area contributed by atoms with Crippen LogP contribution in [0, 0.1) is 5.82 Å². The van der Waals surface area contributed by atoms with E-state index in [0.717, 1.165) is 6.07 Å². The van der Waals surface area contributed by atoms with Crippen LogP contribution in [-0.4, -0.2) is 31.3 Å². The Morgan fingerprint density at radius 2 is 2.18 bits per heavy atom. The molecule has 5 nitrogen and oxygen atoms in total. The molecule has 0 saturated carbocycles. The molecule has 0 aliphatic carbocycles. The second-order valence-corrected chi connectivity index (χ2v) is 3.30. The number of hydrogen-bond acceptors (Lipinski definition) is 4. The first-order chi connectivity index (χ1) is 9.01. The molecule has 6 heteroatoms. The van der Waals surface area contributed by atoms with Gasteiger partial charge in [0.05, 0.1) is 16.9 Å². The second kappa shape index (κ2) is 5.49. The number of hydrogen-bond donors (Lipinski definition) is 2. The summed E-state index contributed by atoms with van der Waals surface area (Å²) in [6.07, 6.45) is -0.0979. The molecule has 0 amide bonds. The number of ether oxygens (including phenoxy) is 2. The summed E-state index contributed by atoms with van der Waals surface area (Å²) in [6.45, 7) is 0. The van der Waals surface area contributed by atoms with Crippen molar-refractivity contribution in [2.45, 2.75) is 12.5 Å². The summed E-state index contributed by atoms with van der Waals surface area (Å²) < 4.78 is 37.2. The van der Waals surface area contributed by atoms with Gasteiger partial charge in [-0.3, -0.25) is 4.79 Å². The number of halogens is 1. The van der Waals surface area contributed by atoms with Crippen molar-refractivity contribution in [1.29, 1.82) is 0 Å². The minimum absolute atomic E-state index is 0.0843. The molecule has 1 unspecified atom stereocenters. The molecule has 94 valence electrons. The Morgan fingerprint density at radius 3 is 2.76 bits per heavy atom. The van der Waals surface area contributed by atoms with Gasteiger partial charge in [0, 0.05) is 12.0 Å². The summed E-state index contributed by atoms with van der Waals surface area (Å²) in [7, 11) is -1.02. The molecule has 3 N–H and O–H groups in total. The van der Waals surface area contributed by atoms with E-state index in [4.69, 9.17) is 23.1 Å². The van der Waals surface area contributed by atoms with Crippen molar-refractivity contribution in [1.82, 2.24) is 0 Å². The first kappa shape index (κ1) is 10.3. The number of methoxy groups -OCH3 is 2. The second-order valence-electron chi connectivity index (χ2n) is 3.30. The zero-order chi connectivity index (χ0) is 14.4. The number of nitrogens with two attached hydrogens (primary N) is 1. The van der Waals surface area contributed by atoms with Gasteiger partial charge in [-0.25, -0.2) is 4.39 Å². The van der Waals surface area contributed by atoms with Gasteiger partial charge < -0.3 is 20.3 Å². The molecular formula is C11H14FNO4. The Labute approximate surface area is 101 Å². The van der Waals surface area contributed by atoms with Gasteiger partial charge in [0.2, 0.25) is 0 Å². The molecular weight excluding hydrogens is 229 g/mol. The predicted molar refractivity (Wildman–Crippen MR) is 58.8 cm³/mol. The van der Waals surface area contributed by atoms with Gasteiger partial charge in [-0.2, -0.15) is 0 Å². The van der Waals surface area contributed by atoms with Gasteiger partial charge in [-0.1, -0.05) is 6.07 Å². The van der Waals surface area contributed by atoms with Gasteiger partial charge in [-0.05, 0) is 6.07 Å². The van der Waals surface area contributed by atoms with E-state index < -0.39 is 32.0 Å². The third-order valence-electron chi connectivity index (χ3n) is 2.19. The fourth-order valence-corrected chi connectivity index (χ4v) is 1.36. The van der Waals surface area contributed by atoms with Crippen LogP contribution in [0.2, 0.25) is 0 Å². The van der Waals surface area contributed by atoms with E-state index in [2.05, 4.69) is 0 Å². The first-order valence-corrected chi connectivity index (χ1v) is 4.65. The van der Waals surface area contributed by atoms with Gasteiger partial charge >= 0.3 is 5.97 Å². The molecule has 0 bridgehead atoms. The Hall–Kier alpha value is -1.82. The SMILES string of the molecule is [2H]COc1c(F)ccc(CC(N)C(=O)O)c1OC[2H]. The number of carboxylic acid groups (broad SMARTS) is 1. The van der Waals surface area contributed by atoms with Crippen LogP contribution in [-0.2, 0) is 11.2 Å². The average Bonchev–Trinajstić information content (AvgIpc) is 2.36. The van der Waals surface area contributed by atoms with Gasteiger partial charge in [0.1, 0.15) is 6.04 Å². The van der Waals surface area contributed by atoms with Crippen molar-refractivity contribution in [2.75, 3.05) is 14.2 Å². The minimum Gasteiger partial charge on any atom is -0.492 e. The Morgan fingerprint density at radius 1 is 1.53 bits per heavy atom. The molecule has 0 radical (unpaired) electrons. The Balaban J connectivity index is 3.15. The van der Waals surface area contributed by atoms with Crippen molar-refractivity contribution in [3.05, 3.63) is 23.5 Å². The zero-order valence-corrected chi connectivity index (χ0v) is 8.98. The smallest absolute Gasteiger partial charge is 0.320 e. The van der Waals surface area contributed by atoms with Crippen LogP contribution >= 0.6 is 0 Å². The van der Waals surface area contributed by atoms with Crippen LogP contribution in [0.5, 0.6) is 11.5 Å². The molecule has 0 spiro atoms. The molecule has 1 atom stereocenters. The maximum Gasteiger partial charge on any atom is 0.320 e. The van der Waals surface area contributed by atoms with Crippen molar-refractivity contribution in [2.24, 2.45) is 5.73 Å². The van der Waals surface area contributed by atoms with Crippen LogP contribution in [0.1, 0.15) is 8.30 Å². The monoisotopic (exact) mass is 245 g/mol. The van der Waals surface area contributed by atoms with E-state index in [1.807, 2.05) is 0 Å². The maximum absolute atomic E-state index is 13.5. The molecule has 0 aliphatic rings. The lowest BCUT2D eigenvalue weighted by Gasteiger charge is -2.14. The molecule has 0 fully saturated rings. The third-order valence-corrected chi connectivity index (χ3v) is 2.19. The molecule has 1 aromatic carbocycles. The topological polar surface area (TPSA) is 81.8 Å². The van der Waals surface area contributed by atoms with E-state index in [9.17, 15) is 9.18 Å². The molecule has 0 heterocycles. The van der Waals surface area contributed by atoms with E-state index in [1.165, 1.54) is 6.07 Å². The van der Waals surface area contributed by atoms with Crippen LogP contribution in [0.25, 0.3) is 0 Å². The third kappa shape index (κ3) is 2.85.